The molecule has 5 heteroatoms. The van der Waals surface area contributed by atoms with Gasteiger partial charge in [0, 0.05) is 32.6 Å². The monoisotopic (exact) mass is 333 g/mol. The van der Waals surface area contributed by atoms with E-state index in [9.17, 15) is 9.90 Å². The fourth-order valence-corrected chi connectivity index (χ4v) is 3.28. The summed E-state index contributed by atoms with van der Waals surface area (Å²) in [5.74, 6) is 0.208. The molecule has 0 saturated heterocycles. The first-order valence-corrected chi connectivity index (χ1v) is 8.85. The molecular formula is C19H31N3O2. The summed E-state index contributed by atoms with van der Waals surface area (Å²) < 4.78 is 0. The summed E-state index contributed by atoms with van der Waals surface area (Å²) in [6, 6.07) is 8.24. The van der Waals surface area contributed by atoms with E-state index in [-0.39, 0.29) is 18.1 Å². The maximum atomic E-state index is 12.2. The number of urea groups is 1. The Balaban J connectivity index is 1.77. The molecule has 2 rings (SSSR count). The van der Waals surface area contributed by atoms with Crippen LogP contribution in [0.3, 0.4) is 0 Å². The fourth-order valence-electron chi connectivity index (χ4n) is 3.28. The Morgan fingerprint density at radius 1 is 1.12 bits per heavy atom. The van der Waals surface area contributed by atoms with E-state index >= 15 is 0 Å². The molecule has 0 unspecified atom stereocenters. The Bertz CT molecular complexity index is 516. The van der Waals surface area contributed by atoms with Crippen molar-refractivity contribution in [3.05, 3.63) is 35.4 Å². The van der Waals surface area contributed by atoms with Gasteiger partial charge >= 0.3 is 6.03 Å². The molecule has 0 bridgehead atoms. The number of carbonyl (C=O) groups excluding carboxylic acids is 1. The van der Waals surface area contributed by atoms with Gasteiger partial charge in [0.1, 0.15) is 0 Å². The third kappa shape index (κ3) is 5.80. The van der Waals surface area contributed by atoms with E-state index in [1.165, 1.54) is 5.56 Å². The lowest BCUT2D eigenvalue weighted by molar-refractivity contribution is 0.0565. The highest BCUT2D eigenvalue weighted by atomic mass is 16.3. The van der Waals surface area contributed by atoms with E-state index in [4.69, 9.17) is 0 Å². The summed E-state index contributed by atoms with van der Waals surface area (Å²) >= 11 is 0. The zero-order chi connectivity index (χ0) is 17.5. The van der Waals surface area contributed by atoms with Gasteiger partial charge in [-0.15, -0.1) is 0 Å². The molecule has 2 amide bonds. The molecule has 1 aromatic rings. The topological polar surface area (TPSA) is 55.8 Å². The number of nitrogens with zero attached hydrogens (tertiary/aromatic N) is 2. The highest BCUT2D eigenvalue weighted by Crippen LogP contribution is 2.24. The maximum Gasteiger partial charge on any atom is 0.317 e. The third-order valence-electron chi connectivity index (χ3n) is 4.69. The van der Waals surface area contributed by atoms with Crippen molar-refractivity contribution in [1.29, 1.82) is 0 Å². The molecule has 5 nitrogen and oxygen atoms in total. The molecule has 0 heterocycles. The van der Waals surface area contributed by atoms with Crippen molar-refractivity contribution in [2.24, 2.45) is 5.92 Å². The van der Waals surface area contributed by atoms with Crippen molar-refractivity contribution in [3.63, 3.8) is 0 Å². The molecule has 0 aromatic heterocycles. The molecule has 1 aromatic carbocycles. The number of hydrogen-bond donors (Lipinski definition) is 2. The Morgan fingerprint density at radius 3 is 2.38 bits per heavy atom. The van der Waals surface area contributed by atoms with Gasteiger partial charge in [-0.3, -0.25) is 0 Å². The summed E-state index contributed by atoms with van der Waals surface area (Å²) in [4.78, 5) is 16.1. The minimum atomic E-state index is -0.266. The number of aliphatic hydroxyl groups is 1. The first kappa shape index (κ1) is 18.7. The molecule has 0 radical (unpaired) electrons. The van der Waals surface area contributed by atoms with Gasteiger partial charge in [0.2, 0.25) is 0 Å². The molecule has 1 aliphatic carbocycles. The van der Waals surface area contributed by atoms with E-state index in [1.54, 1.807) is 11.9 Å². The summed E-state index contributed by atoms with van der Waals surface area (Å²) in [6.07, 6.45) is 3.85. The maximum absolute atomic E-state index is 12.2. The molecule has 0 aliphatic heterocycles. The van der Waals surface area contributed by atoms with E-state index in [0.717, 1.165) is 37.8 Å². The summed E-state index contributed by atoms with van der Waals surface area (Å²) in [6.45, 7) is 2.06. The quantitative estimate of drug-likeness (QED) is 0.841. The van der Waals surface area contributed by atoms with Gasteiger partial charge in [0.25, 0.3) is 0 Å². The van der Waals surface area contributed by atoms with Crippen molar-refractivity contribution < 1.29 is 9.90 Å². The molecule has 1 aliphatic rings. The molecule has 134 valence electrons. The normalized spacial score (nSPS) is 20.9. The van der Waals surface area contributed by atoms with Gasteiger partial charge in [0.15, 0.2) is 0 Å². The molecule has 2 N–H and O–H groups in total. The summed E-state index contributed by atoms with van der Waals surface area (Å²) in [5, 5.41) is 13.0. The molecule has 2 atom stereocenters. The van der Waals surface area contributed by atoms with Crippen LogP contribution in [0.1, 0.15) is 36.8 Å². The van der Waals surface area contributed by atoms with E-state index in [2.05, 4.69) is 34.5 Å². The van der Waals surface area contributed by atoms with Crippen molar-refractivity contribution in [3.8, 4) is 0 Å². The van der Waals surface area contributed by atoms with Crippen molar-refractivity contribution in [2.45, 2.75) is 44.9 Å². The number of hydrogen-bond acceptors (Lipinski definition) is 3. The van der Waals surface area contributed by atoms with Crippen LogP contribution in [0.15, 0.2) is 24.3 Å². The summed E-state index contributed by atoms with van der Waals surface area (Å²) in [5.41, 5.74) is 2.36. The first-order chi connectivity index (χ1) is 11.5. The Labute approximate surface area is 145 Å². The smallest absolute Gasteiger partial charge is 0.317 e. The SMILES string of the molecule is CN(C)Cc1ccc(CNC(=O)N(C)C[C@H]2CCCC[C@H]2O)cc1. The van der Waals surface area contributed by atoms with Crippen LogP contribution in [-0.2, 0) is 13.1 Å². The molecule has 1 fully saturated rings. The number of rotatable bonds is 6. The lowest BCUT2D eigenvalue weighted by Crippen LogP contribution is -2.42. The van der Waals surface area contributed by atoms with E-state index in [0.29, 0.717) is 13.1 Å². The van der Waals surface area contributed by atoms with Crippen molar-refractivity contribution >= 4 is 6.03 Å². The molecule has 0 spiro atoms. The zero-order valence-corrected chi connectivity index (χ0v) is 15.2. The second kappa shape index (κ2) is 9.04. The van der Waals surface area contributed by atoms with Gasteiger partial charge in [-0.1, -0.05) is 37.1 Å². The second-order valence-corrected chi connectivity index (χ2v) is 7.21. The number of carbonyl (C=O) groups is 1. The van der Waals surface area contributed by atoms with Gasteiger partial charge in [-0.2, -0.15) is 0 Å². The highest BCUT2D eigenvalue weighted by molar-refractivity contribution is 5.73. The van der Waals surface area contributed by atoms with E-state index < -0.39 is 0 Å². The second-order valence-electron chi connectivity index (χ2n) is 7.21. The average molecular weight is 333 g/mol. The fraction of sp³-hybridized carbons (Fsp3) is 0.632. The molecular weight excluding hydrogens is 302 g/mol. The average Bonchev–Trinajstić information content (AvgIpc) is 2.55. The Kier molecular flexibility index (Phi) is 7.06. The van der Waals surface area contributed by atoms with Crippen LogP contribution >= 0.6 is 0 Å². The van der Waals surface area contributed by atoms with Gasteiger partial charge in [-0.05, 0) is 38.1 Å². The Hall–Kier alpha value is -1.59. The number of amides is 2. The minimum Gasteiger partial charge on any atom is -0.393 e. The summed E-state index contributed by atoms with van der Waals surface area (Å²) in [7, 11) is 5.90. The van der Waals surface area contributed by atoms with E-state index in [1.807, 2.05) is 14.1 Å². The number of benzene rings is 1. The zero-order valence-electron chi connectivity index (χ0n) is 15.2. The van der Waals surface area contributed by atoms with Crippen LogP contribution in [0, 0.1) is 5.92 Å². The van der Waals surface area contributed by atoms with Crippen molar-refractivity contribution in [2.75, 3.05) is 27.7 Å². The predicted octanol–water partition coefficient (Wildman–Crippen LogP) is 2.44. The number of aliphatic hydroxyl groups excluding tert-OH is 1. The molecule has 1 saturated carbocycles. The van der Waals surface area contributed by atoms with Crippen LogP contribution in [-0.4, -0.2) is 54.7 Å². The van der Waals surface area contributed by atoms with Crippen LogP contribution < -0.4 is 5.32 Å². The predicted molar refractivity (Wildman–Crippen MR) is 96.7 cm³/mol. The first-order valence-electron chi connectivity index (χ1n) is 8.85. The highest BCUT2D eigenvalue weighted by Gasteiger charge is 2.25. The van der Waals surface area contributed by atoms with Gasteiger partial charge in [-0.25, -0.2) is 4.79 Å². The van der Waals surface area contributed by atoms with Crippen LogP contribution in [0.5, 0.6) is 0 Å². The Morgan fingerprint density at radius 2 is 1.75 bits per heavy atom. The van der Waals surface area contributed by atoms with Gasteiger partial charge in [0.05, 0.1) is 6.10 Å². The van der Waals surface area contributed by atoms with Crippen LogP contribution in [0.25, 0.3) is 0 Å². The minimum absolute atomic E-state index is 0.0786. The largest absolute Gasteiger partial charge is 0.393 e. The number of nitrogens with one attached hydrogen (secondary N) is 1. The lowest BCUT2D eigenvalue weighted by Gasteiger charge is -2.31. The van der Waals surface area contributed by atoms with Crippen LogP contribution in [0.4, 0.5) is 4.79 Å². The lowest BCUT2D eigenvalue weighted by atomic mass is 9.86. The van der Waals surface area contributed by atoms with Crippen LogP contribution in [0.2, 0.25) is 0 Å². The van der Waals surface area contributed by atoms with Gasteiger partial charge < -0.3 is 20.2 Å². The molecule has 24 heavy (non-hydrogen) atoms. The van der Waals surface area contributed by atoms with Crippen molar-refractivity contribution in [1.82, 2.24) is 15.1 Å². The third-order valence-corrected chi connectivity index (χ3v) is 4.69. The standard InChI is InChI=1S/C19H31N3O2/c1-21(2)13-16-10-8-15(9-11-16)12-20-19(24)22(3)14-17-6-4-5-7-18(17)23/h8-11,17-18,23H,4-7,12-14H2,1-3H3,(H,20,24)/t17-,18-/m1/s1.